The maximum Gasteiger partial charge on any atom is 0.227 e. The molecule has 0 bridgehead atoms. The molecule has 2 aliphatic rings. The predicted octanol–water partition coefficient (Wildman–Crippen LogP) is 1.63. The van der Waals surface area contributed by atoms with Gasteiger partial charge in [0.25, 0.3) is 0 Å². The number of carbonyl (C=O) groups is 1. The Bertz CT molecular complexity index is 1060. The van der Waals surface area contributed by atoms with Gasteiger partial charge in [-0.3, -0.25) is 4.79 Å². The molecule has 2 aromatic heterocycles. The van der Waals surface area contributed by atoms with Crippen LogP contribution in [0.5, 0.6) is 5.75 Å². The zero-order valence-corrected chi connectivity index (χ0v) is 18.7. The summed E-state index contributed by atoms with van der Waals surface area (Å²) in [5.41, 5.74) is 1.09. The van der Waals surface area contributed by atoms with Gasteiger partial charge in [0, 0.05) is 39.3 Å². The molecule has 1 aromatic carbocycles. The Hall–Kier alpha value is -3.69. The fourth-order valence-corrected chi connectivity index (χ4v) is 4.64. The van der Waals surface area contributed by atoms with Crippen LogP contribution >= 0.6 is 0 Å². The van der Waals surface area contributed by atoms with Gasteiger partial charge < -0.3 is 19.4 Å². The summed E-state index contributed by atoms with van der Waals surface area (Å²) in [6.07, 6.45) is 4.93. The van der Waals surface area contributed by atoms with Gasteiger partial charge in [-0.25, -0.2) is 9.67 Å². The number of benzene rings is 1. The number of methoxy groups -OCH3 is 1. The Kier molecular flexibility index (Phi) is 6.05. The van der Waals surface area contributed by atoms with Crippen LogP contribution < -0.4 is 14.5 Å². The van der Waals surface area contributed by atoms with Crippen LogP contribution in [0.1, 0.15) is 12.8 Å². The molecule has 1 unspecified atom stereocenters. The number of piperidine rings is 1. The van der Waals surface area contributed by atoms with Crippen LogP contribution in [-0.4, -0.2) is 82.1 Å². The van der Waals surface area contributed by atoms with Crippen molar-refractivity contribution >= 4 is 17.4 Å². The first-order valence-corrected chi connectivity index (χ1v) is 11.3. The summed E-state index contributed by atoms with van der Waals surface area (Å²) < 4.78 is 7.08. The normalized spacial score (nSPS) is 18.9. The first-order chi connectivity index (χ1) is 16.2. The van der Waals surface area contributed by atoms with Crippen LogP contribution in [0.2, 0.25) is 0 Å². The maximum absolute atomic E-state index is 13.3. The van der Waals surface area contributed by atoms with Crippen molar-refractivity contribution in [2.45, 2.75) is 12.8 Å². The summed E-state index contributed by atoms with van der Waals surface area (Å²) in [6, 6.07) is 11.9. The van der Waals surface area contributed by atoms with Crippen LogP contribution in [0.3, 0.4) is 0 Å². The molecule has 0 aliphatic carbocycles. The SMILES string of the molecule is COc1ccccc1N1CCN(C(=O)C2CCCN(c3ccc(-n4cncn4)nn3)C2)CC1. The third-order valence-electron chi connectivity index (χ3n) is 6.40. The summed E-state index contributed by atoms with van der Waals surface area (Å²) in [5.74, 6) is 2.50. The number of piperazine rings is 1. The molecule has 10 nitrogen and oxygen atoms in total. The summed E-state index contributed by atoms with van der Waals surface area (Å²) in [5, 5.41) is 12.7. The van der Waals surface area contributed by atoms with E-state index < -0.39 is 0 Å². The molecule has 0 N–H and O–H groups in total. The van der Waals surface area contributed by atoms with E-state index in [9.17, 15) is 4.79 Å². The first-order valence-electron chi connectivity index (χ1n) is 11.3. The second-order valence-corrected chi connectivity index (χ2v) is 8.36. The topological polar surface area (TPSA) is 92.5 Å². The number of nitrogens with zero attached hydrogens (tertiary/aromatic N) is 8. The minimum Gasteiger partial charge on any atom is -0.495 e. The van der Waals surface area contributed by atoms with Gasteiger partial charge in [0.05, 0.1) is 18.7 Å². The van der Waals surface area contributed by atoms with E-state index in [4.69, 9.17) is 4.74 Å². The van der Waals surface area contributed by atoms with E-state index in [2.05, 4.69) is 36.1 Å². The number of carbonyl (C=O) groups excluding carboxylic acids is 1. The van der Waals surface area contributed by atoms with Crippen LogP contribution in [0.4, 0.5) is 11.5 Å². The fourth-order valence-electron chi connectivity index (χ4n) is 4.64. The Morgan fingerprint density at radius 2 is 1.76 bits per heavy atom. The molecule has 0 spiro atoms. The number of aromatic nitrogens is 5. The zero-order valence-electron chi connectivity index (χ0n) is 18.7. The van der Waals surface area contributed by atoms with Gasteiger partial charge in [-0.2, -0.15) is 5.10 Å². The molecule has 2 fully saturated rings. The van der Waals surface area contributed by atoms with E-state index in [-0.39, 0.29) is 11.8 Å². The molecule has 2 saturated heterocycles. The van der Waals surface area contributed by atoms with Crippen molar-refractivity contribution in [1.82, 2.24) is 29.9 Å². The van der Waals surface area contributed by atoms with Crippen molar-refractivity contribution in [1.29, 1.82) is 0 Å². The number of anilines is 2. The van der Waals surface area contributed by atoms with E-state index in [1.165, 1.54) is 6.33 Å². The number of hydrogen-bond acceptors (Lipinski definition) is 8. The molecule has 1 amide bonds. The molecule has 5 rings (SSSR count). The minimum atomic E-state index is -0.0200. The monoisotopic (exact) mass is 448 g/mol. The van der Waals surface area contributed by atoms with Crippen LogP contribution in [0.25, 0.3) is 5.82 Å². The first kappa shape index (κ1) is 21.2. The largest absolute Gasteiger partial charge is 0.495 e. The number of hydrogen-bond donors (Lipinski definition) is 0. The molecule has 0 radical (unpaired) electrons. The lowest BCUT2D eigenvalue weighted by Crippen LogP contribution is -2.52. The van der Waals surface area contributed by atoms with Gasteiger partial charge in [-0.1, -0.05) is 12.1 Å². The van der Waals surface area contributed by atoms with Gasteiger partial charge in [-0.15, -0.1) is 10.2 Å². The molecule has 33 heavy (non-hydrogen) atoms. The Balaban J connectivity index is 1.19. The second kappa shape index (κ2) is 9.43. The highest BCUT2D eigenvalue weighted by atomic mass is 16.5. The summed E-state index contributed by atoms with van der Waals surface area (Å²) in [6.45, 7) is 4.60. The maximum atomic E-state index is 13.3. The van der Waals surface area contributed by atoms with Crippen LogP contribution in [-0.2, 0) is 4.79 Å². The number of amides is 1. The highest BCUT2D eigenvalue weighted by Crippen LogP contribution is 2.29. The van der Waals surface area contributed by atoms with Gasteiger partial charge in [0.1, 0.15) is 18.4 Å². The molecular weight excluding hydrogens is 420 g/mol. The van der Waals surface area contributed by atoms with Gasteiger partial charge in [-0.05, 0) is 37.1 Å². The molecule has 3 aromatic rings. The van der Waals surface area contributed by atoms with E-state index in [1.54, 1.807) is 18.1 Å². The lowest BCUT2D eigenvalue weighted by atomic mass is 9.96. The number of rotatable bonds is 5. The zero-order chi connectivity index (χ0) is 22.6. The smallest absolute Gasteiger partial charge is 0.227 e. The summed E-state index contributed by atoms with van der Waals surface area (Å²) in [7, 11) is 1.69. The molecule has 4 heterocycles. The predicted molar refractivity (Wildman–Crippen MR) is 124 cm³/mol. The Labute approximate surface area is 192 Å². The van der Waals surface area contributed by atoms with Crippen molar-refractivity contribution in [3.8, 4) is 11.6 Å². The second-order valence-electron chi connectivity index (χ2n) is 8.36. The summed E-state index contributed by atoms with van der Waals surface area (Å²) in [4.78, 5) is 23.7. The highest BCUT2D eigenvalue weighted by molar-refractivity contribution is 5.80. The van der Waals surface area contributed by atoms with E-state index >= 15 is 0 Å². The molecule has 0 saturated carbocycles. The van der Waals surface area contributed by atoms with Crippen molar-refractivity contribution in [2.24, 2.45) is 5.92 Å². The molecule has 172 valence electrons. The van der Waals surface area contributed by atoms with Crippen molar-refractivity contribution in [3.63, 3.8) is 0 Å². The third kappa shape index (κ3) is 4.46. The third-order valence-corrected chi connectivity index (χ3v) is 6.40. The van der Waals surface area contributed by atoms with Crippen molar-refractivity contribution in [3.05, 3.63) is 49.1 Å². The fraction of sp³-hybridized carbons (Fsp3) is 0.435. The van der Waals surface area contributed by atoms with Crippen molar-refractivity contribution in [2.75, 3.05) is 56.2 Å². The van der Waals surface area contributed by atoms with E-state index in [0.29, 0.717) is 12.4 Å². The van der Waals surface area contributed by atoms with Gasteiger partial charge in [0.2, 0.25) is 5.91 Å². The highest BCUT2D eigenvalue weighted by Gasteiger charge is 2.32. The molecular formula is C23H28N8O2. The number of ether oxygens (including phenoxy) is 1. The summed E-state index contributed by atoms with van der Waals surface area (Å²) >= 11 is 0. The Morgan fingerprint density at radius 1 is 0.970 bits per heavy atom. The Morgan fingerprint density at radius 3 is 2.48 bits per heavy atom. The average Bonchev–Trinajstić information content (AvgIpc) is 3.44. The standard InChI is InChI=1S/C23H28N8O2/c1-33-20-7-3-2-6-19(20)28-11-13-29(14-12-28)23(32)18-5-4-10-30(15-18)21-8-9-22(27-26-21)31-17-24-16-25-31/h2-3,6-9,16-18H,4-5,10-15H2,1H3. The minimum absolute atomic E-state index is 0.0200. The molecule has 2 aliphatic heterocycles. The number of para-hydroxylation sites is 2. The average molecular weight is 449 g/mol. The lowest BCUT2D eigenvalue weighted by molar-refractivity contribution is -0.136. The molecule has 10 heteroatoms. The van der Waals surface area contributed by atoms with Gasteiger partial charge in [0.15, 0.2) is 11.6 Å². The van der Waals surface area contributed by atoms with E-state index in [1.807, 2.05) is 35.2 Å². The molecule has 1 atom stereocenters. The van der Waals surface area contributed by atoms with Crippen LogP contribution in [0, 0.1) is 5.92 Å². The quantitative estimate of drug-likeness (QED) is 0.582. The van der Waals surface area contributed by atoms with Crippen LogP contribution in [0.15, 0.2) is 49.1 Å². The lowest BCUT2D eigenvalue weighted by Gasteiger charge is -2.40. The van der Waals surface area contributed by atoms with Crippen molar-refractivity contribution < 1.29 is 9.53 Å². The van der Waals surface area contributed by atoms with E-state index in [0.717, 1.165) is 62.8 Å². The van der Waals surface area contributed by atoms with Gasteiger partial charge >= 0.3 is 0 Å².